The van der Waals surface area contributed by atoms with E-state index in [0.717, 1.165) is 22.6 Å². The van der Waals surface area contributed by atoms with Crippen LogP contribution in [0.25, 0.3) is 22.5 Å². The molecular formula is C35H30N4O5. The van der Waals surface area contributed by atoms with Crippen LogP contribution in [0, 0.1) is 0 Å². The summed E-state index contributed by atoms with van der Waals surface area (Å²) in [5.41, 5.74) is 3.07. The Bertz CT molecular complexity index is 1750. The van der Waals surface area contributed by atoms with E-state index in [1.807, 2.05) is 109 Å². The lowest BCUT2D eigenvalue weighted by Crippen LogP contribution is -2.13. The lowest BCUT2D eigenvalue weighted by atomic mass is 10.1. The maximum Gasteiger partial charge on any atom is 0.263 e. The lowest BCUT2D eigenvalue weighted by molar-refractivity contribution is 0.101. The van der Waals surface area contributed by atoms with Crippen LogP contribution >= 0.6 is 0 Å². The summed E-state index contributed by atoms with van der Waals surface area (Å²) in [5.74, 6) is 4.63. The molecule has 0 atom stereocenters. The fraction of sp³-hybridized carbons (Fsp3) is 0.114. The first kappa shape index (κ1) is 28.3. The Labute approximate surface area is 254 Å². The number of ether oxygens (including phenoxy) is 4. The van der Waals surface area contributed by atoms with E-state index in [1.165, 1.54) is 0 Å². The van der Waals surface area contributed by atoms with Gasteiger partial charge in [-0.15, -0.1) is 0 Å². The van der Waals surface area contributed by atoms with E-state index in [1.54, 1.807) is 37.4 Å². The molecule has 9 nitrogen and oxygen atoms in total. The van der Waals surface area contributed by atoms with Gasteiger partial charge >= 0.3 is 0 Å². The van der Waals surface area contributed by atoms with Crippen molar-refractivity contribution >= 4 is 5.78 Å². The van der Waals surface area contributed by atoms with Crippen LogP contribution in [0.4, 0.5) is 0 Å². The average molecular weight is 587 g/mol. The van der Waals surface area contributed by atoms with Crippen molar-refractivity contribution in [2.75, 3.05) is 14.2 Å². The van der Waals surface area contributed by atoms with Gasteiger partial charge < -0.3 is 28.1 Å². The van der Waals surface area contributed by atoms with Crippen LogP contribution in [0.15, 0.2) is 109 Å². The third kappa shape index (κ3) is 6.03. The van der Waals surface area contributed by atoms with Crippen molar-refractivity contribution in [1.29, 1.82) is 0 Å². The molecule has 6 aromatic rings. The van der Waals surface area contributed by atoms with Crippen molar-refractivity contribution in [2.45, 2.75) is 0 Å². The maximum atomic E-state index is 13.6. The molecule has 0 saturated heterocycles. The van der Waals surface area contributed by atoms with Crippen LogP contribution < -0.4 is 18.9 Å². The van der Waals surface area contributed by atoms with E-state index >= 15 is 0 Å². The van der Waals surface area contributed by atoms with Gasteiger partial charge in [0.15, 0.2) is 11.6 Å². The van der Waals surface area contributed by atoms with Crippen LogP contribution in [0.5, 0.6) is 34.5 Å². The number of nitrogens with zero attached hydrogens (tertiary/aromatic N) is 4. The molecule has 0 amide bonds. The molecule has 2 heterocycles. The molecule has 0 radical (unpaired) electrons. The highest BCUT2D eigenvalue weighted by molar-refractivity contribution is 6.05. The number of aryl methyl sites for hydroxylation is 2. The van der Waals surface area contributed by atoms with Gasteiger partial charge in [-0.2, -0.15) is 0 Å². The van der Waals surface area contributed by atoms with Gasteiger partial charge in [0.05, 0.1) is 25.6 Å². The Morgan fingerprint density at radius 1 is 0.500 bits per heavy atom. The number of carbonyl (C=O) groups excluding carboxylic acids is 1. The van der Waals surface area contributed by atoms with Gasteiger partial charge in [-0.1, -0.05) is 0 Å². The lowest BCUT2D eigenvalue weighted by Gasteiger charge is -2.07. The largest absolute Gasteiger partial charge is 0.497 e. The van der Waals surface area contributed by atoms with Gasteiger partial charge in [0.1, 0.15) is 34.5 Å². The van der Waals surface area contributed by atoms with Gasteiger partial charge in [0.2, 0.25) is 0 Å². The normalized spacial score (nSPS) is 10.8. The van der Waals surface area contributed by atoms with Crippen molar-refractivity contribution in [2.24, 2.45) is 14.1 Å². The number of hydrogen-bond donors (Lipinski definition) is 0. The minimum absolute atomic E-state index is 0.272. The van der Waals surface area contributed by atoms with Crippen molar-refractivity contribution < 1.29 is 23.7 Å². The Hall–Kier alpha value is -5.83. The molecule has 0 saturated carbocycles. The van der Waals surface area contributed by atoms with Crippen molar-refractivity contribution in [3.63, 3.8) is 0 Å². The minimum atomic E-state index is -0.272. The van der Waals surface area contributed by atoms with E-state index in [0.29, 0.717) is 46.0 Å². The predicted octanol–water partition coefficient (Wildman–Crippen LogP) is 7.32. The molecule has 0 N–H and O–H groups in total. The molecule has 44 heavy (non-hydrogen) atoms. The summed E-state index contributed by atoms with van der Waals surface area (Å²) in [4.78, 5) is 22.9. The molecule has 0 aliphatic carbocycles. The van der Waals surface area contributed by atoms with Crippen LogP contribution in [0.3, 0.4) is 0 Å². The first-order valence-corrected chi connectivity index (χ1v) is 13.9. The van der Waals surface area contributed by atoms with E-state index in [2.05, 4.69) is 9.97 Å². The summed E-state index contributed by atoms with van der Waals surface area (Å²) in [5, 5.41) is 0. The summed E-state index contributed by atoms with van der Waals surface area (Å²) in [6.45, 7) is 0. The molecule has 0 aliphatic heterocycles. The first-order chi connectivity index (χ1) is 21.4. The van der Waals surface area contributed by atoms with Crippen LogP contribution in [-0.4, -0.2) is 39.1 Å². The molecule has 9 heteroatoms. The molecule has 4 aromatic carbocycles. The first-order valence-electron chi connectivity index (χ1n) is 13.9. The number of carbonyl (C=O) groups is 1. The molecular weight excluding hydrogens is 556 g/mol. The Morgan fingerprint density at radius 3 is 1.11 bits per heavy atom. The second kappa shape index (κ2) is 12.2. The number of rotatable bonds is 10. The minimum Gasteiger partial charge on any atom is -0.497 e. The molecule has 0 unspecified atom stereocenters. The number of methoxy groups -OCH3 is 2. The number of imidazole rings is 2. The second-order valence-electron chi connectivity index (χ2n) is 10.1. The summed E-state index contributed by atoms with van der Waals surface area (Å²) in [6.07, 6.45) is 3.66. The number of benzene rings is 4. The summed E-state index contributed by atoms with van der Waals surface area (Å²) < 4.78 is 25.7. The van der Waals surface area contributed by atoms with Crippen molar-refractivity contribution in [1.82, 2.24) is 19.1 Å². The maximum absolute atomic E-state index is 13.6. The highest BCUT2D eigenvalue weighted by Crippen LogP contribution is 2.29. The average Bonchev–Trinajstić information content (AvgIpc) is 3.64. The predicted molar refractivity (Wildman–Crippen MR) is 167 cm³/mol. The zero-order valence-corrected chi connectivity index (χ0v) is 24.7. The van der Waals surface area contributed by atoms with Crippen LogP contribution in [0.1, 0.15) is 16.4 Å². The SMILES string of the molecule is COc1ccc(Oc2ccc(-c3cn(C)c(C(=O)c4nc(-c5ccc(Oc6ccc(OC)cc6)cc5)cn4C)n3)cc2)cc1. The molecule has 0 spiro atoms. The van der Waals surface area contributed by atoms with Crippen molar-refractivity contribution in [3.8, 4) is 57.0 Å². The number of hydrogen-bond acceptors (Lipinski definition) is 7. The Balaban J connectivity index is 1.15. The standard InChI is InChI=1S/C35H30N4O5/c1-38-21-31(23-5-9-27(10-6-23)43-29-17-13-25(41-3)14-18-29)36-34(38)33(40)35-37-32(22-39(35)2)24-7-11-28(12-8-24)44-30-19-15-26(42-4)16-20-30/h5-22H,1-4H3. The third-order valence-corrected chi connectivity index (χ3v) is 7.05. The molecule has 0 aliphatic rings. The molecule has 220 valence electrons. The summed E-state index contributed by atoms with van der Waals surface area (Å²) in [7, 11) is 6.85. The molecule has 2 aromatic heterocycles. The van der Waals surface area contributed by atoms with E-state index in [-0.39, 0.29) is 5.78 Å². The summed E-state index contributed by atoms with van der Waals surface area (Å²) >= 11 is 0. The van der Waals surface area contributed by atoms with E-state index in [4.69, 9.17) is 18.9 Å². The smallest absolute Gasteiger partial charge is 0.263 e. The number of aromatic nitrogens is 4. The fourth-order valence-corrected chi connectivity index (χ4v) is 4.68. The third-order valence-electron chi connectivity index (χ3n) is 7.05. The number of ketones is 1. The highest BCUT2D eigenvalue weighted by Gasteiger charge is 2.22. The monoisotopic (exact) mass is 586 g/mol. The molecule has 0 fully saturated rings. The van der Waals surface area contributed by atoms with Gasteiger partial charge in [0, 0.05) is 37.6 Å². The quantitative estimate of drug-likeness (QED) is 0.155. The Kier molecular flexibility index (Phi) is 7.84. The van der Waals surface area contributed by atoms with E-state index < -0.39 is 0 Å². The van der Waals surface area contributed by atoms with Gasteiger partial charge in [-0.25, -0.2) is 9.97 Å². The van der Waals surface area contributed by atoms with Gasteiger partial charge in [-0.3, -0.25) is 4.79 Å². The topological polar surface area (TPSA) is 89.6 Å². The fourth-order valence-electron chi connectivity index (χ4n) is 4.68. The molecule has 0 bridgehead atoms. The van der Waals surface area contributed by atoms with Gasteiger partial charge in [0.25, 0.3) is 5.78 Å². The van der Waals surface area contributed by atoms with E-state index in [9.17, 15) is 4.79 Å². The Morgan fingerprint density at radius 2 is 0.795 bits per heavy atom. The zero-order chi connectivity index (χ0) is 30.6. The highest BCUT2D eigenvalue weighted by atomic mass is 16.5. The van der Waals surface area contributed by atoms with Crippen LogP contribution in [0.2, 0.25) is 0 Å². The zero-order valence-electron chi connectivity index (χ0n) is 24.7. The van der Waals surface area contributed by atoms with Crippen LogP contribution in [-0.2, 0) is 14.1 Å². The molecule has 6 rings (SSSR count). The van der Waals surface area contributed by atoms with Crippen molar-refractivity contribution in [3.05, 3.63) is 121 Å². The van der Waals surface area contributed by atoms with Gasteiger partial charge in [-0.05, 0) is 97.1 Å². The summed E-state index contributed by atoms with van der Waals surface area (Å²) in [6, 6.07) is 29.9. The second-order valence-corrected chi connectivity index (χ2v) is 10.1.